The lowest BCUT2D eigenvalue weighted by atomic mass is 9.77. The summed E-state index contributed by atoms with van der Waals surface area (Å²) in [6.45, 7) is 1.89. The summed E-state index contributed by atoms with van der Waals surface area (Å²) in [5.41, 5.74) is 0. The molecule has 1 saturated heterocycles. The topological polar surface area (TPSA) is 29.5 Å². The van der Waals surface area contributed by atoms with Gasteiger partial charge in [0.15, 0.2) is 0 Å². The second-order valence-corrected chi connectivity index (χ2v) is 4.56. The fourth-order valence-electron chi connectivity index (χ4n) is 2.77. The molecular weight excluding hydrogens is 164 g/mol. The van der Waals surface area contributed by atoms with E-state index in [4.69, 9.17) is 4.74 Å². The summed E-state index contributed by atoms with van der Waals surface area (Å²) in [6.07, 6.45) is 7.07. The van der Waals surface area contributed by atoms with Crippen molar-refractivity contribution in [3.05, 3.63) is 0 Å². The smallest absolute Gasteiger partial charge is 0.0543 e. The maximum Gasteiger partial charge on any atom is 0.0543 e. The third-order valence-electron chi connectivity index (χ3n) is 3.55. The van der Waals surface area contributed by atoms with Crippen LogP contribution in [0, 0.1) is 11.8 Å². The van der Waals surface area contributed by atoms with Crippen LogP contribution >= 0.6 is 0 Å². The summed E-state index contributed by atoms with van der Waals surface area (Å²) >= 11 is 0. The van der Waals surface area contributed by atoms with E-state index in [0.717, 1.165) is 37.9 Å². The van der Waals surface area contributed by atoms with Crippen LogP contribution in [0.25, 0.3) is 0 Å². The van der Waals surface area contributed by atoms with Crippen LogP contribution in [0.2, 0.25) is 0 Å². The number of rotatable bonds is 1. The Labute approximate surface area is 80.3 Å². The van der Waals surface area contributed by atoms with Crippen LogP contribution in [0.15, 0.2) is 0 Å². The molecule has 1 N–H and O–H groups in total. The third kappa shape index (κ3) is 2.44. The minimum atomic E-state index is -0.0272. The molecule has 2 nitrogen and oxygen atoms in total. The first-order valence-electron chi connectivity index (χ1n) is 5.62. The van der Waals surface area contributed by atoms with Crippen molar-refractivity contribution in [2.24, 2.45) is 11.8 Å². The average Bonchev–Trinajstić information content (AvgIpc) is 2.19. The molecule has 2 fully saturated rings. The van der Waals surface area contributed by atoms with Crippen LogP contribution in [0.3, 0.4) is 0 Å². The summed E-state index contributed by atoms with van der Waals surface area (Å²) in [4.78, 5) is 0. The molecule has 2 rings (SSSR count). The fourth-order valence-corrected chi connectivity index (χ4v) is 2.77. The first-order chi connectivity index (χ1) is 6.36. The molecule has 0 radical (unpaired) electrons. The predicted molar refractivity (Wildman–Crippen MR) is 51.5 cm³/mol. The number of ether oxygens (including phenoxy) is 1. The van der Waals surface area contributed by atoms with Gasteiger partial charge in [-0.1, -0.05) is 6.42 Å². The van der Waals surface area contributed by atoms with Crippen molar-refractivity contribution >= 4 is 0 Å². The molecule has 3 atom stereocenters. The van der Waals surface area contributed by atoms with Crippen LogP contribution in [-0.4, -0.2) is 24.4 Å². The summed E-state index contributed by atoms with van der Waals surface area (Å²) in [6, 6.07) is 0. The van der Waals surface area contributed by atoms with Gasteiger partial charge < -0.3 is 9.84 Å². The summed E-state index contributed by atoms with van der Waals surface area (Å²) in [5.74, 6) is 1.48. The van der Waals surface area contributed by atoms with E-state index in [1.54, 1.807) is 0 Å². The normalized spacial score (nSPS) is 41.8. The SMILES string of the molecule is OC1CCCC(C2CCCOC2)C1. The average molecular weight is 184 g/mol. The third-order valence-corrected chi connectivity index (χ3v) is 3.55. The molecule has 0 amide bonds. The summed E-state index contributed by atoms with van der Waals surface area (Å²) < 4.78 is 5.49. The molecule has 1 aliphatic carbocycles. The molecule has 3 unspecified atom stereocenters. The Kier molecular flexibility index (Phi) is 3.23. The number of hydrogen-bond acceptors (Lipinski definition) is 2. The van der Waals surface area contributed by atoms with E-state index in [0.29, 0.717) is 0 Å². The van der Waals surface area contributed by atoms with Crippen LogP contribution in [0.5, 0.6) is 0 Å². The lowest BCUT2D eigenvalue weighted by Crippen LogP contribution is -2.30. The Morgan fingerprint density at radius 3 is 2.54 bits per heavy atom. The van der Waals surface area contributed by atoms with E-state index < -0.39 is 0 Å². The highest BCUT2D eigenvalue weighted by molar-refractivity contribution is 4.79. The van der Waals surface area contributed by atoms with Gasteiger partial charge in [0.2, 0.25) is 0 Å². The van der Waals surface area contributed by atoms with Crippen molar-refractivity contribution in [1.82, 2.24) is 0 Å². The van der Waals surface area contributed by atoms with Gasteiger partial charge in [-0.2, -0.15) is 0 Å². The van der Waals surface area contributed by atoms with Crippen LogP contribution < -0.4 is 0 Å². The van der Waals surface area contributed by atoms with Crippen molar-refractivity contribution < 1.29 is 9.84 Å². The van der Waals surface area contributed by atoms with Gasteiger partial charge in [0, 0.05) is 13.2 Å². The van der Waals surface area contributed by atoms with Crippen molar-refractivity contribution in [1.29, 1.82) is 0 Å². The zero-order chi connectivity index (χ0) is 9.10. The molecule has 13 heavy (non-hydrogen) atoms. The first-order valence-corrected chi connectivity index (χ1v) is 5.62. The first kappa shape index (κ1) is 9.47. The molecule has 1 saturated carbocycles. The van der Waals surface area contributed by atoms with Gasteiger partial charge >= 0.3 is 0 Å². The molecule has 0 bridgehead atoms. The standard InChI is InChI=1S/C11H20O2/c12-11-5-1-3-9(7-11)10-4-2-6-13-8-10/h9-12H,1-8H2. The van der Waals surface area contributed by atoms with Crippen LogP contribution in [-0.2, 0) is 4.74 Å². The van der Waals surface area contributed by atoms with Crippen molar-refractivity contribution in [3.8, 4) is 0 Å². The van der Waals surface area contributed by atoms with Gasteiger partial charge in [-0.15, -0.1) is 0 Å². The van der Waals surface area contributed by atoms with E-state index in [1.807, 2.05) is 0 Å². The maximum atomic E-state index is 9.57. The minimum absolute atomic E-state index is 0.0272. The monoisotopic (exact) mass is 184 g/mol. The van der Waals surface area contributed by atoms with E-state index in [1.165, 1.54) is 25.7 Å². The molecule has 76 valence electrons. The second kappa shape index (κ2) is 4.43. The van der Waals surface area contributed by atoms with Crippen LogP contribution in [0.1, 0.15) is 38.5 Å². The summed E-state index contributed by atoms with van der Waals surface area (Å²) in [7, 11) is 0. The molecule has 1 heterocycles. The zero-order valence-corrected chi connectivity index (χ0v) is 8.24. The lowest BCUT2D eigenvalue weighted by Gasteiger charge is -2.34. The van der Waals surface area contributed by atoms with Crippen molar-refractivity contribution in [2.45, 2.75) is 44.6 Å². The lowest BCUT2D eigenvalue weighted by molar-refractivity contribution is 0.00163. The minimum Gasteiger partial charge on any atom is -0.393 e. The molecule has 0 aromatic heterocycles. The maximum absolute atomic E-state index is 9.57. The molecule has 2 heteroatoms. The van der Waals surface area contributed by atoms with Gasteiger partial charge in [0.1, 0.15) is 0 Å². The molecule has 0 spiro atoms. The highest BCUT2D eigenvalue weighted by Gasteiger charge is 2.28. The molecule has 1 aliphatic heterocycles. The Hall–Kier alpha value is -0.0800. The van der Waals surface area contributed by atoms with Gasteiger partial charge in [-0.05, 0) is 43.9 Å². The largest absolute Gasteiger partial charge is 0.393 e. The number of aliphatic hydroxyl groups excluding tert-OH is 1. The second-order valence-electron chi connectivity index (χ2n) is 4.56. The predicted octanol–water partition coefficient (Wildman–Crippen LogP) is 1.96. The van der Waals surface area contributed by atoms with Gasteiger partial charge in [0.05, 0.1) is 6.10 Å². The highest BCUT2D eigenvalue weighted by Crippen LogP contribution is 2.34. The highest BCUT2D eigenvalue weighted by atomic mass is 16.5. The quantitative estimate of drug-likeness (QED) is 0.675. The van der Waals surface area contributed by atoms with Crippen molar-refractivity contribution in [2.75, 3.05) is 13.2 Å². The summed E-state index contributed by atoms with van der Waals surface area (Å²) in [5, 5.41) is 9.57. The van der Waals surface area contributed by atoms with E-state index in [9.17, 15) is 5.11 Å². The van der Waals surface area contributed by atoms with E-state index in [-0.39, 0.29) is 6.10 Å². The fraction of sp³-hybridized carbons (Fsp3) is 1.00. The van der Waals surface area contributed by atoms with E-state index >= 15 is 0 Å². The Bertz CT molecular complexity index is 152. The van der Waals surface area contributed by atoms with E-state index in [2.05, 4.69) is 0 Å². The number of hydrogen-bond donors (Lipinski definition) is 1. The molecular formula is C11H20O2. The van der Waals surface area contributed by atoms with Crippen LogP contribution in [0.4, 0.5) is 0 Å². The van der Waals surface area contributed by atoms with Gasteiger partial charge in [-0.3, -0.25) is 0 Å². The van der Waals surface area contributed by atoms with Gasteiger partial charge in [0.25, 0.3) is 0 Å². The Morgan fingerprint density at radius 1 is 1.00 bits per heavy atom. The van der Waals surface area contributed by atoms with Gasteiger partial charge in [-0.25, -0.2) is 0 Å². The molecule has 2 aliphatic rings. The Morgan fingerprint density at radius 2 is 1.85 bits per heavy atom. The molecule has 0 aromatic rings. The zero-order valence-electron chi connectivity index (χ0n) is 8.24. The Balaban J connectivity index is 1.83. The number of aliphatic hydroxyl groups is 1. The molecule has 0 aromatic carbocycles. The van der Waals surface area contributed by atoms with Crippen molar-refractivity contribution in [3.63, 3.8) is 0 Å².